The Hall–Kier alpha value is -0.300. The molecule has 0 saturated carbocycles. The summed E-state index contributed by atoms with van der Waals surface area (Å²) in [6.07, 6.45) is 0.0953. The predicted octanol–water partition coefficient (Wildman–Crippen LogP) is 0.00740. The Balaban J connectivity index is 3.41. The third-order valence-electron chi connectivity index (χ3n) is 1.90. The van der Waals surface area contributed by atoms with Crippen molar-refractivity contribution in [2.75, 3.05) is 31.8 Å². The summed E-state index contributed by atoms with van der Waals surface area (Å²) in [5.74, 6) is 0.920. The zero-order valence-corrected chi connectivity index (χ0v) is 10.7. The van der Waals surface area contributed by atoms with Gasteiger partial charge in [-0.3, -0.25) is 4.79 Å². The maximum atomic E-state index is 11.0. The molecule has 0 spiro atoms. The van der Waals surface area contributed by atoms with Crippen molar-refractivity contribution in [2.24, 2.45) is 5.73 Å². The van der Waals surface area contributed by atoms with Gasteiger partial charge in [-0.05, 0) is 19.1 Å². The molecule has 0 aliphatic carbocycles. The molecule has 0 radical (unpaired) electrons. The molecule has 0 aromatic heterocycles. The van der Waals surface area contributed by atoms with E-state index in [-0.39, 0.29) is 0 Å². The van der Waals surface area contributed by atoms with Crippen LogP contribution in [0.15, 0.2) is 0 Å². The number of hydrogen-bond acceptors (Lipinski definition) is 6. The van der Waals surface area contributed by atoms with E-state index in [0.29, 0.717) is 25.4 Å². The third kappa shape index (κ3) is 7.92. The summed E-state index contributed by atoms with van der Waals surface area (Å²) in [6, 6.07) is -0.568. The van der Waals surface area contributed by atoms with Crippen LogP contribution in [0.1, 0.15) is 13.3 Å². The number of aliphatic hydroxyl groups excluding tert-OH is 1. The molecule has 0 aromatic rings. The summed E-state index contributed by atoms with van der Waals surface area (Å²) >= 11 is 1.55. The number of aliphatic hydroxyl groups is 1. The average Bonchev–Trinajstić information content (AvgIpc) is 2.30. The van der Waals surface area contributed by atoms with Gasteiger partial charge in [0.1, 0.15) is 6.04 Å². The van der Waals surface area contributed by atoms with Crippen LogP contribution in [-0.4, -0.2) is 55.1 Å². The van der Waals surface area contributed by atoms with Gasteiger partial charge in [-0.1, -0.05) is 0 Å². The van der Waals surface area contributed by atoms with E-state index in [4.69, 9.17) is 10.5 Å². The summed E-state index contributed by atoms with van der Waals surface area (Å²) in [5, 5.41) is 9.43. The van der Waals surface area contributed by atoms with E-state index in [2.05, 4.69) is 4.74 Å². The van der Waals surface area contributed by atoms with Gasteiger partial charge in [0, 0.05) is 12.4 Å². The number of thioether (sulfide) groups is 1. The number of carbonyl (C=O) groups is 1. The molecular formula is C10H21NO4S. The highest BCUT2D eigenvalue weighted by molar-refractivity contribution is 7.99. The number of carbonyl (C=O) groups excluding carboxylic acids is 1. The standard InChI is InChI=1S/C10H21NO4S/c1-3-15-6-8(12)7-16-5-4-9(11)10(13)14-2/h8-9,12H,3-7,11H2,1-2H3. The van der Waals surface area contributed by atoms with E-state index in [9.17, 15) is 9.90 Å². The first-order chi connectivity index (χ1) is 7.61. The molecule has 0 rings (SSSR count). The maximum Gasteiger partial charge on any atom is 0.322 e. The Bertz CT molecular complexity index is 192. The van der Waals surface area contributed by atoms with Crippen molar-refractivity contribution in [1.82, 2.24) is 0 Å². The fourth-order valence-electron chi connectivity index (χ4n) is 1.00. The largest absolute Gasteiger partial charge is 0.468 e. The lowest BCUT2D eigenvalue weighted by atomic mass is 10.2. The molecule has 0 aliphatic heterocycles. The maximum absolute atomic E-state index is 11.0. The van der Waals surface area contributed by atoms with Crippen molar-refractivity contribution in [1.29, 1.82) is 0 Å². The molecule has 6 heteroatoms. The summed E-state index contributed by atoms with van der Waals surface area (Å²) in [5.41, 5.74) is 5.55. The average molecular weight is 251 g/mol. The number of methoxy groups -OCH3 is 1. The number of ether oxygens (including phenoxy) is 2. The van der Waals surface area contributed by atoms with Gasteiger partial charge in [-0.25, -0.2) is 0 Å². The van der Waals surface area contributed by atoms with Gasteiger partial charge in [0.15, 0.2) is 0 Å². The van der Waals surface area contributed by atoms with Crippen LogP contribution in [-0.2, 0) is 14.3 Å². The predicted molar refractivity (Wildman–Crippen MR) is 64.4 cm³/mol. The Morgan fingerprint density at radius 3 is 2.81 bits per heavy atom. The Labute approximate surface area is 101 Å². The first kappa shape index (κ1) is 15.7. The first-order valence-electron chi connectivity index (χ1n) is 5.28. The molecule has 0 heterocycles. The van der Waals surface area contributed by atoms with Crippen LogP contribution in [0.5, 0.6) is 0 Å². The minimum Gasteiger partial charge on any atom is -0.468 e. The van der Waals surface area contributed by atoms with E-state index >= 15 is 0 Å². The van der Waals surface area contributed by atoms with Gasteiger partial charge in [-0.15, -0.1) is 0 Å². The second-order valence-corrected chi connectivity index (χ2v) is 4.46. The SMILES string of the molecule is CCOCC(O)CSCCC(N)C(=O)OC. The van der Waals surface area contributed by atoms with Crippen molar-refractivity contribution >= 4 is 17.7 Å². The highest BCUT2D eigenvalue weighted by atomic mass is 32.2. The first-order valence-corrected chi connectivity index (χ1v) is 6.44. The van der Waals surface area contributed by atoms with Gasteiger partial charge in [0.2, 0.25) is 0 Å². The van der Waals surface area contributed by atoms with Crippen LogP contribution >= 0.6 is 11.8 Å². The van der Waals surface area contributed by atoms with Gasteiger partial charge < -0.3 is 20.3 Å². The summed E-state index contributed by atoms with van der Waals surface area (Å²) < 4.78 is 9.57. The molecule has 96 valence electrons. The molecule has 0 fully saturated rings. The topological polar surface area (TPSA) is 81.8 Å². The minimum absolute atomic E-state index is 0.354. The fourth-order valence-corrected chi connectivity index (χ4v) is 1.96. The number of hydrogen-bond donors (Lipinski definition) is 2. The zero-order chi connectivity index (χ0) is 12.4. The van der Waals surface area contributed by atoms with Crippen LogP contribution in [0, 0.1) is 0 Å². The van der Waals surface area contributed by atoms with Crippen LogP contribution in [0.3, 0.4) is 0 Å². The molecule has 0 bridgehead atoms. The highest BCUT2D eigenvalue weighted by Gasteiger charge is 2.13. The lowest BCUT2D eigenvalue weighted by molar-refractivity contribution is -0.142. The summed E-state index contributed by atoms with van der Waals surface area (Å²) in [6.45, 7) is 2.84. The van der Waals surface area contributed by atoms with Crippen molar-refractivity contribution < 1.29 is 19.4 Å². The molecule has 0 aromatic carbocycles. The normalized spacial score (nSPS) is 14.5. The minimum atomic E-state index is -0.568. The van der Waals surface area contributed by atoms with Gasteiger partial charge >= 0.3 is 5.97 Å². The number of esters is 1. The quantitative estimate of drug-likeness (QED) is 0.444. The number of rotatable bonds is 9. The van der Waals surface area contributed by atoms with E-state index in [0.717, 1.165) is 5.75 Å². The van der Waals surface area contributed by atoms with Gasteiger partial charge in [0.25, 0.3) is 0 Å². The van der Waals surface area contributed by atoms with E-state index < -0.39 is 18.1 Å². The molecule has 3 N–H and O–H groups in total. The van der Waals surface area contributed by atoms with E-state index in [1.807, 2.05) is 6.92 Å². The van der Waals surface area contributed by atoms with E-state index in [1.165, 1.54) is 7.11 Å². The van der Waals surface area contributed by atoms with Crippen LogP contribution in [0.25, 0.3) is 0 Å². The van der Waals surface area contributed by atoms with Gasteiger partial charge in [-0.2, -0.15) is 11.8 Å². The Morgan fingerprint density at radius 2 is 2.25 bits per heavy atom. The van der Waals surface area contributed by atoms with Crippen molar-refractivity contribution in [3.05, 3.63) is 0 Å². The molecule has 0 saturated heterocycles. The van der Waals surface area contributed by atoms with Crippen molar-refractivity contribution in [3.8, 4) is 0 Å². The fraction of sp³-hybridized carbons (Fsp3) is 0.900. The molecular weight excluding hydrogens is 230 g/mol. The molecule has 2 unspecified atom stereocenters. The molecule has 0 amide bonds. The van der Waals surface area contributed by atoms with Gasteiger partial charge in [0.05, 0.1) is 19.8 Å². The van der Waals surface area contributed by atoms with E-state index in [1.54, 1.807) is 11.8 Å². The second kappa shape index (κ2) is 9.89. The molecule has 0 aliphatic rings. The highest BCUT2D eigenvalue weighted by Crippen LogP contribution is 2.07. The molecule has 16 heavy (non-hydrogen) atoms. The third-order valence-corrected chi connectivity index (χ3v) is 3.05. The van der Waals surface area contributed by atoms with Crippen molar-refractivity contribution in [3.63, 3.8) is 0 Å². The number of nitrogens with two attached hydrogens (primary N) is 1. The molecule has 5 nitrogen and oxygen atoms in total. The van der Waals surface area contributed by atoms with Crippen LogP contribution in [0.4, 0.5) is 0 Å². The second-order valence-electron chi connectivity index (χ2n) is 3.31. The summed E-state index contributed by atoms with van der Waals surface area (Å²) in [4.78, 5) is 11.0. The Morgan fingerprint density at radius 1 is 1.56 bits per heavy atom. The monoisotopic (exact) mass is 251 g/mol. The van der Waals surface area contributed by atoms with Crippen LogP contribution < -0.4 is 5.73 Å². The van der Waals surface area contributed by atoms with Crippen LogP contribution in [0.2, 0.25) is 0 Å². The smallest absolute Gasteiger partial charge is 0.322 e. The lowest BCUT2D eigenvalue weighted by Gasteiger charge is -2.11. The Kier molecular flexibility index (Phi) is 9.71. The lowest BCUT2D eigenvalue weighted by Crippen LogP contribution is -2.32. The zero-order valence-electron chi connectivity index (χ0n) is 9.85. The molecule has 2 atom stereocenters. The summed E-state index contributed by atoms with van der Waals surface area (Å²) in [7, 11) is 1.32. The van der Waals surface area contributed by atoms with Crippen molar-refractivity contribution in [2.45, 2.75) is 25.5 Å².